The summed E-state index contributed by atoms with van der Waals surface area (Å²) < 4.78 is 0. The third kappa shape index (κ3) is 4.07. The number of urea groups is 1. The molecule has 94 valence electrons. The molecule has 0 aromatic heterocycles. The zero-order chi connectivity index (χ0) is 12.8. The predicted octanol–water partition coefficient (Wildman–Crippen LogP) is 2.13. The lowest BCUT2D eigenvalue weighted by atomic mass is 10.2. The second kappa shape index (κ2) is 6.69. The number of aliphatic hydroxyl groups is 1. The van der Waals surface area contributed by atoms with Crippen molar-refractivity contribution in [3.05, 3.63) is 33.8 Å². The lowest BCUT2D eigenvalue weighted by molar-refractivity contribution is 0.190. The first-order chi connectivity index (χ1) is 8.06. The van der Waals surface area contributed by atoms with Crippen LogP contribution >= 0.6 is 23.2 Å². The van der Waals surface area contributed by atoms with Crippen LogP contribution in [0.2, 0.25) is 10.0 Å². The third-order valence-electron chi connectivity index (χ3n) is 2.24. The van der Waals surface area contributed by atoms with Crippen LogP contribution in [0.4, 0.5) is 4.79 Å². The number of carbonyl (C=O) groups is 1. The van der Waals surface area contributed by atoms with Crippen LogP contribution in [0.1, 0.15) is 5.56 Å². The van der Waals surface area contributed by atoms with Gasteiger partial charge in [0.25, 0.3) is 0 Å². The van der Waals surface area contributed by atoms with Gasteiger partial charge in [0, 0.05) is 20.1 Å². The van der Waals surface area contributed by atoms with Gasteiger partial charge in [-0.25, -0.2) is 4.79 Å². The van der Waals surface area contributed by atoms with Crippen LogP contribution < -0.4 is 5.32 Å². The average Bonchev–Trinajstić information content (AvgIpc) is 2.31. The lowest BCUT2D eigenvalue weighted by Gasteiger charge is -2.16. The Kier molecular flexibility index (Phi) is 5.55. The maximum atomic E-state index is 11.5. The van der Waals surface area contributed by atoms with Crippen molar-refractivity contribution in [2.45, 2.75) is 6.54 Å². The van der Waals surface area contributed by atoms with Crippen LogP contribution in [0, 0.1) is 0 Å². The van der Waals surface area contributed by atoms with Gasteiger partial charge in [-0.1, -0.05) is 35.3 Å². The summed E-state index contributed by atoms with van der Waals surface area (Å²) in [6, 6.07) is 4.98. The fourth-order valence-electron chi connectivity index (χ4n) is 1.24. The fourth-order valence-corrected chi connectivity index (χ4v) is 1.63. The molecule has 0 aliphatic carbocycles. The molecule has 1 rings (SSSR count). The Bertz CT molecular complexity index is 399. The van der Waals surface area contributed by atoms with Gasteiger partial charge in [0.15, 0.2) is 0 Å². The third-order valence-corrected chi connectivity index (χ3v) is 3.10. The zero-order valence-electron chi connectivity index (χ0n) is 9.41. The Morgan fingerprint density at radius 2 is 2.18 bits per heavy atom. The minimum atomic E-state index is -0.268. The second-order valence-corrected chi connectivity index (χ2v) is 4.30. The average molecular weight is 277 g/mol. The van der Waals surface area contributed by atoms with E-state index in [-0.39, 0.29) is 19.2 Å². The number of benzene rings is 1. The summed E-state index contributed by atoms with van der Waals surface area (Å²) in [7, 11) is 1.60. The van der Waals surface area contributed by atoms with Gasteiger partial charge >= 0.3 is 6.03 Å². The summed E-state index contributed by atoms with van der Waals surface area (Å²) in [5.41, 5.74) is 0.755. The number of halogens is 2. The van der Waals surface area contributed by atoms with Crippen molar-refractivity contribution in [2.24, 2.45) is 0 Å². The van der Waals surface area contributed by atoms with Crippen molar-refractivity contribution >= 4 is 29.2 Å². The Morgan fingerprint density at radius 3 is 2.82 bits per heavy atom. The molecule has 0 atom stereocenters. The number of nitrogens with zero attached hydrogens (tertiary/aromatic N) is 1. The summed E-state index contributed by atoms with van der Waals surface area (Å²) in [4.78, 5) is 12.9. The van der Waals surface area contributed by atoms with Gasteiger partial charge < -0.3 is 15.3 Å². The van der Waals surface area contributed by atoms with E-state index in [9.17, 15) is 4.79 Å². The maximum absolute atomic E-state index is 11.5. The van der Waals surface area contributed by atoms with Crippen molar-refractivity contribution in [3.63, 3.8) is 0 Å². The van der Waals surface area contributed by atoms with E-state index in [0.29, 0.717) is 16.6 Å². The molecule has 0 bridgehead atoms. The predicted molar refractivity (Wildman–Crippen MR) is 68.4 cm³/mol. The Labute approximate surface area is 110 Å². The number of nitrogens with one attached hydrogen (secondary N) is 1. The molecule has 1 aromatic carbocycles. The number of likely N-dealkylation sites (N-methyl/N-ethyl adjacent to an activating group) is 1. The Hall–Kier alpha value is -0.970. The van der Waals surface area contributed by atoms with E-state index < -0.39 is 0 Å². The molecule has 0 aliphatic rings. The molecule has 6 heteroatoms. The smallest absolute Gasteiger partial charge is 0.317 e. The van der Waals surface area contributed by atoms with Crippen molar-refractivity contribution < 1.29 is 9.90 Å². The van der Waals surface area contributed by atoms with Crippen molar-refractivity contribution in [1.29, 1.82) is 0 Å². The van der Waals surface area contributed by atoms with Crippen molar-refractivity contribution in [2.75, 3.05) is 20.2 Å². The summed E-state index contributed by atoms with van der Waals surface area (Å²) in [6.45, 7) is 0.519. The molecule has 0 saturated heterocycles. The minimum Gasteiger partial charge on any atom is -0.395 e. The summed E-state index contributed by atoms with van der Waals surface area (Å²) in [5, 5.41) is 12.3. The molecule has 0 aliphatic heterocycles. The van der Waals surface area contributed by atoms with Gasteiger partial charge in [0.2, 0.25) is 0 Å². The van der Waals surface area contributed by atoms with Gasteiger partial charge in [0.05, 0.1) is 16.7 Å². The number of hydrogen-bond donors (Lipinski definition) is 2. The summed E-state index contributed by atoms with van der Waals surface area (Å²) in [5.74, 6) is 0. The Balaban J connectivity index is 2.56. The van der Waals surface area contributed by atoms with E-state index in [0.717, 1.165) is 5.56 Å². The van der Waals surface area contributed by atoms with E-state index >= 15 is 0 Å². The largest absolute Gasteiger partial charge is 0.395 e. The van der Waals surface area contributed by atoms with E-state index in [1.54, 1.807) is 25.2 Å². The number of hydrogen-bond acceptors (Lipinski definition) is 2. The van der Waals surface area contributed by atoms with Crippen LogP contribution in [0.3, 0.4) is 0 Å². The fraction of sp³-hybridized carbons (Fsp3) is 0.364. The molecule has 1 aromatic rings. The molecule has 0 spiro atoms. The summed E-state index contributed by atoms with van der Waals surface area (Å²) in [6.07, 6.45) is 0. The van der Waals surface area contributed by atoms with Crippen LogP contribution in [0.25, 0.3) is 0 Å². The monoisotopic (exact) mass is 276 g/mol. The molecule has 0 heterocycles. The molecule has 4 nitrogen and oxygen atoms in total. The van der Waals surface area contributed by atoms with Crippen molar-refractivity contribution in [1.82, 2.24) is 10.2 Å². The number of carbonyl (C=O) groups excluding carboxylic acids is 1. The maximum Gasteiger partial charge on any atom is 0.317 e. The summed E-state index contributed by atoms with van der Waals surface area (Å²) >= 11 is 11.8. The zero-order valence-corrected chi connectivity index (χ0v) is 10.9. The molecule has 0 radical (unpaired) electrons. The van der Waals surface area contributed by atoms with Gasteiger partial charge in [-0.2, -0.15) is 0 Å². The number of amides is 2. The van der Waals surface area contributed by atoms with E-state index in [2.05, 4.69) is 5.32 Å². The second-order valence-electron chi connectivity index (χ2n) is 3.52. The highest BCUT2D eigenvalue weighted by molar-refractivity contribution is 6.42. The normalized spacial score (nSPS) is 10.1. The molecular weight excluding hydrogens is 263 g/mol. The molecule has 0 fully saturated rings. The first-order valence-corrected chi connectivity index (χ1v) is 5.84. The molecule has 2 N–H and O–H groups in total. The van der Waals surface area contributed by atoms with E-state index in [1.165, 1.54) is 4.90 Å². The highest BCUT2D eigenvalue weighted by Crippen LogP contribution is 2.25. The molecule has 17 heavy (non-hydrogen) atoms. The van der Waals surface area contributed by atoms with Crippen LogP contribution in [-0.4, -0.2) is 36.2 Å². The first kappa shape index (κ1) is 14.1. The highest BCUT2D eigenvalue weighted by atomic mass is 35.5. The standard InChI is InChI=1S/C11H14Cl2N2O2/c1-15(5-6-16)11(17)14-7-8-3-2-4-9(12)10(8)13/h2-4,16H,5-7H2,1H3,(H,14,17). The van der Waals surface area contributed by atoms with Crippen LogP contribution in [0.5, 0.6) is 0 Å². The minimum absolute atomic E-state index is 0.0676. The Morgan fingerprint density at radius 1 is 1.47 bits per heavy atom. The van der Waals surface area contributed by atoms with E-state index in [1.807, 2.05) is 0 Å². The van der Waals surface area contributed by atoms with Crippen LogP contribution in [0.15, 0.2) is 18.2 Å². The lowest BCUT2D eigenvalue weighted by Crippen LogP contribution is -2.38. The van der Waals surface area contributed by atoms with E-state index in [4.69, 9.17) is 28.3 Å². The SMILES string of the molecule is CN(CCO)C(=O)NCc1cccc(Cl)c1Cl. The topological polar surface area (TPSA) is 52.6 Å². The van der Waals surface area contributed by atoms with Crippen molar-refractivity contribution in [3.8, 4) is 0 Å². The van der Waals surface area contributed by atoms with Gasteiger partial charge in [-0.3, -0.25) is 0 Å². The van der Waals surface area contributed by atoms with Gasteiger partial charge in [0.1, 0.15) is 0 Å². The highest BCUT2D eigenvalue weighted by Gasteiger charge is 2.09. The quantitative estimate of drug-likeness (QED) is 0.885. The molecule has 0 saturated carbocycles. The number of rotatable bonds is 4. The number of aliphatic hydroxyl groups excluding tert-OH is 1. The first-order valence-electron chi connectivity index (χ1n) is 5.09. The van der Waals surface area contributed by atoms with Crippen LogP contribution in [-0.2, 0) is 6.54 Å². The molecule has 2 amide bonds. The van der Waals surface area contributed by atoms with Gasteiger partial charge in [-0.15, -0.1) is 0 Å². The van der Waals surface area contributed by atoms with Gasteiger partial charge in [-0.05, 0) is 11.6 Å². The molecule has 0 unspecified atom stereocenters. The molecular formula is C11H14Cl2N2O2.